The molecule has 0 bridgehead atoms. The lowest BCUT2D eigenvalue weighted by molar-refractivity contribution is 0.0697. The topological polar surface area (TPSA) is 32.8 Å². The molecule has 1 aromatic heterocycles. The molecule has 3 rings (SSSR count). The second-order valence-electron chi connectivity index (χ2n) is 6.47. The first-order chi connectivity index (χ1) is 10.7. The number of nitrogens with zero attached hydrogens (tertiary/aromatic N) is 2. The van der Waals surface area contributed by atoms with Gasteiger partial charge in [0.2, 0.25) is 0 Å². The van der Waals surface area contributed by atoms with Crippen LogP contribution in [0.25, 0.3) is 0 Å². The molecule has 5 heteroatoms. The highest BCUT2D eigenvalue weighted by molar-refractivity contribution is 7.08. The Morgan fingerprint density at radius 3 is 2.82 bits per heavy atom. The molecule has 1 aromatic rings. The van der Waals surface area contributed by atoms with Crippen molar-refractivity contribution >= 4 is 17.2 Å². The molecular formula is C17H26N2O2S. The SMILES string of the molecule is COCCN1CCCC12CCCN(C(=O)c1ccsc1)CC2. The quantitative estimate of drug-likeness (QED) is 0.854. The fourth-order valence-corrected chi connectivity index (χ4v) is 4.69. The molecule has 0 saturated carbocycles. The van der Waals surface area contributed by atoms with Gasteiger partial charge in [0.05, 0.1) is 12.2 Å². The van der Waals surface area contributed by atoms with Crippen LogP contribution in [0.2, 0.25) is 0 Å². The number of thiophene rings is 1. The minimum Gasteiger partial charge on any atom is -0.383 e. The van der Waals surface area contributed by atoms with Crippen LogP contribution in [-0.4, -0.2) is 61.1 Å². The average Bonchev–Trinajstić information content (AvgIpc) is 3.13. The number of amides is 1. The highest BCUT2D eigenvalue weighted by atomic mass is 32.1. The Morgan fingerprint density at radius 1 is 1.27 bits per heavy atom. The Morgan fingerprint density at radius 2 is 2.09 bits per heavy atom. The summed E-state index contributed by atoms with van der Waals surface area (Å²) in [5.41, 5.74) is 1.16. The molecule has 1 atom stereocenters. The third-order valence-electron chi connectivity index (χ3n) is 5.28. The van der Waals surface area contributed by atoms with Crippen molar-refractivity contribution in [3.8, 4) is 0 Å². The first-order valence-electron chi connectivity index (χ1n) is 8.31. The van der Waals surface area contributed by atoms with E-state index in [0.717, 1.165) is 44.6 Å². The number of carbonyl (C=O) groups excluding carboxylic acids is 1. The van der Waals surface area contributed by atoms with E-state index in [0.29, 0.717) is 5.54 Å². The first kappa shape index (κ1) is 16.0. The highest BCUT2D eigenvalue weighted by Gasteiger charge is 2.41. The molecule has 0 N–H and O–H groups in total. The molecule has 2 aliphatic rings. The van der Waals surface area contributed by atoms with Gasteiger partial charge in [-0.3, -0.25) is 9.69 Å². The van der Waals surface area contributed by atoms with E-state index in [2.05, 4.69) is 9.80 Å². The summed E-state index contributed by atoms with van der Waals surface area (Å²) in [6.45, 7) is 4.79. The molecule has 0 aliphatic carbocycles. The minimum atomic E-state index is 0.208. The lowest BCUT2D eigenvalue weighted by Crippen LogP contribution is -2.46. The number of ether oxygens (including phenoxy) is 1. The highest BCUT2D eigenvalue weighted by Crippen LogP contribution is 2.38. The van der Waals surface area contributed by atoms with Gasteiger partial charge in [-0.05, 0) is 50.1 Å². The zero-order chi connectivity index (χ0) is 15.4. The Kier molecular flexibility index (Phi) is 5.16. The van der Waals surface area contributed by atoms with E-state index in [1.54, 1.807) is 18.4 Å². The van der Waals surface area contributed by atoms with Gasteiger partial charge in [-0.15, -0.1) is 0 Å². The molecule has 1 unspecified atom stereocenters. The lowest BCUT2D eigenvalue weighted by atomic mass is 9.88. The van der Waals surface area contributed by atoms with Crippen LogP contribution in [0, 0.1) is 0 Å². The van der Waals surface area contributed by atoms with Crippen molar-refractivity contribution in [2.45, 2.75) is 37.6 Å². The van der Waals surface area contributed by atoms with Crippen LogP contribution in [0.4, 0.5) is 0 Å². The normalized spacial score (nSPS) is 26.5. The largest absolute Gasteiger partial charge is 0.383 e. The van der Waals surface area contributed by atoms with Crippen LogP contribution in [0.5, 0.6) is 0 Å². The number of methoxy groups -OCH3 is 1. The Bertz CT molecular complexity index is 491. The van der Waals surface area contributed by atoms with Crippen molar-refractivity contribution in [1.29, 1.82) is 0 Å². The number of hydrogen-bond donors (Lipinski definition) is 0. The summed E-state index contributed by atoms with van der Waals surface area (Å²) in [7, 11) is 1.77. The molecule has 0 radical (unpaired) electrons. The number of hydrogen-bond acceptors (Lipinski definition) is 4. The molecule has 4 nitrogen and oxygen atoms in total. The predicted octanol–water partition coefficient (Wildman–Crippen LogP) is 2.86. The average molecular weight is 322 g/mol. The molecule has 2 saturated heterocycles. The van der Waals surface area contributed by atoms with Crippen LogP contribution >= 0.6 is 11.3 Å². The van der Waals surface area contributed by atoms with Gasteiger partial charge >= 0.3 is 0 Å². The first-order valence-corrected chi connectivity index (χ1v) is 9.25. The van der Waals surface area contributed by atoms with Crippen LogP contribution in [0.15, 0.2) is 16.8 Å². The van der Waals surface area contributed by atoms with Crippen LogP contribution in [0.3, 0.4) is 0 Å². The van der Waals surface area contributed by atoms with E-state index < -0.39 is 0 Å². The van der Waals surface area contributed by atoms with Crippen molar-refractivity contribution in [2.24, 2.45) is 0 Å². The maximum Gasteiger partial charge on any atom is 0.254 e. The second kappa shape index (κ2) is 7.11. The maximum absolute atomic E-state index is 12.6. The predicted molar refractivity (Wildman–Crippen MR) is 89.5 cm³/mol. The maximum atomic E-state index is 12.6. The molecule has 122 valence electrons. The lowest BCUT2D eigenvalue weighted by Gasteiger charge is -2.38. The van der Waals surface area contributed by atoms with Crippen LogP contribution < -0.4 is 0 Å². The summed E-state index contributed by atoms with van der Waals surface area (Å²) in [5, 5.41) is 3.94. The molecule has 2 fully saturated rings. The fourth-order valence-electron chi connectivity index (χ4n) is 4.06. The minimum absolute atomic E-state index is 0.208. The zero-order valence-electron chi connectivity index (χ0n) is 13.4. The summed E-state index contributed by atoms with van der Waals surface area (Å²) in [6.07, 6.45) is 5.98. The van der Waals surface area contributed by atoms with Crippen molar-refractivity contribution in [3.63, 3.8) is 0 Å². The van der Waals surface area contributed by atoms with E-state index in [1.807, 2.05) is 16.8 Å². The van der Waals surface area contributed by atoms with Crippen LogP contribution in [0.1, 0.15) is 42.5 Å². The van der Waals surface area contributed by atoms with E-state index >= 15 is 0 Å². The summed E-state index contributed by atoms with van der Waals surface area (Å²) < 4.78 is 5.27. The zero-order valence-corrected chi connectivity index (χ0v) is 14.2. The van der Waals surface area contributed by atoms with E-state index in [-0.39, 0.29) is 5.91 Å². The van der Waals surface area contributed by atoms with Gasteiger partial charge < -0.3 is 9.64 Å². The summed E-state index contributed by atoms with van der Waals surface area (Å²) in [5.74, 6) is 0.208. The van der Waals surface area contributed by atoms with Crippen molar-refractivity contribution in [1.82, 2.24) is 9.80 Å². The second-order valence-corrected chi connectivity index (χ2v) is 7.25. The van der Waals surface area contributed by atoms with Gasteiger partial charge in [0.1, 0.15) is 0 Å². The van der Waals surface area contributed by atoms with E-state index in [9.17, 15) is 4.79 Å². The molecule has 2 aliphatic heterocycles. The Balaban J connectivity index is 1.65. The van der Waals surface area contributed by atoms with Gasteiger partial charge in [-0.25, -0.2) is 0 Å². The van der Waals surface area contributed by atoms with E-state index in [1.165, 1.54) is 25.8 Å². The van der Waals surface area contributed by atoms with Crippen molar-refractivity contribution in [3.05, 3.63) is 22.4 Å². The molecule has 1 spiro atoms. The summed E-state index contributed by atoms with van der Waals surface area (Å²) in [4.78, 5) is 17.2. The van der Waals surface area contributed by atoms with Crippen LogP contribution in [-0.2, 0) is 4.74 Å². The number of rotatable bonds is 4. The molecule has 22 heavy (non-hydrogen) atoms. The summed E-state index contributed by atoms with van der Waals surface area (Å²) >= 11 is 1.60. The Labute approximate surface area is 137 Å². The van der Waals surface area contributed by atoms with Gasteiger partial charge in [0, 0.05) is 37.7 Å². The molecule has 0 aromatic carbocycles. The Hall–Kier alpha value is -0.910. The van der Waals surface area contributed by atoms with Crippen molar-refractivity contribution < 1.29 is 9.53 Å². The third kappa shape index (κ3) is 3.21. The number of likely N-dealkylation sites (tertiary alicyclic amines) is 2. The molecule has 1 amide bonds. The molecular weight excluding hydrogens is 296 g/mol. The third-order valence-corrected chi connectivity index (χ3v) is 5.96. The smallest absolute Gasteiger partial charge is 0.254 e. The van der Waals surface area contributed by atoms with Crippen molar-refractivity contribution in [2.75, 3.05) is 39.9 Å². The standard InChI is InChI=1S/C17H26N2O2S/c1-21-12-11-19-9-3-6-17(19)5-2-8-18(10-7-17)16(20)15-4-13-22-14-15/h4,13-14H,2-3,5-12H2,1H3. The van der Waals surface area contributed by atoms with Gasteiger partial charge in [0.15, 0.2) is 0 Å². The molecule has 3 heterocycles. The van der Waals surface area contributed by atoms with Gasteiger partial charge in [-0.2, -0.15) is 11.3 Å². The van der Waals surface area contributed by atoms with Gasteiger partial charge in [0.25, 0.3) is 5.91 Å². The number of carbonyl (C=O) groups is 1. The van der Waals surface area contributed by atoms with Gasteiger partial charge in [-0.1, -0.05) is 0 Å². The monoisotopic (exact) mass is 322 g/mol. The van der Waals surface area contributed by atoms with E-state index in [4.69, 9.17) is 4.74 Å². The fraction of sp³-hybridized carbons (Fsp3) is 0.706. The summed E-state index contributed by atoms with van der Waals surface area (Å²) in [6, 6.07) is 1.94.